The van der Waals surface area contributed by atoms with Gasteiger partial charge in [-0.25, -0.2) is 13.1 Å². The Kier molecular flexibility index (Phi) is 5.52. The molecule has 0 saturated heterocycles. The second-order valence-electron chi connectivity index (χ2n) is 5.78. The zero-order valence-electron chi connectivity index (χ0n) is 11.8. The van der Waals surface area contributed by atoms with Crippen molar-refractivity contribution < 1.29 is 13.5 Å². The zero-order valence-corrected chi connectivity index (χ0v) is 12.6. The minimum atomic E-state index is -3.34. The third-order valence-electron chi connectivity index (χ3n) is 2.82. The molecule has 0 aromatic heterocycles. The van der Waals surface area contributed by atoms with Crippen molar-refractivity contribution in [2.45, 2.75) is 39.0 Å². The fourth-order valence-electron chi connectivity index (χ4n) is 2.02. The van der Waals surface area contributed by atoms with E-state index >= 15 is 0 Å². The van der Waals surface area contributed by atoms with Gasteiger partial charge >= 0.3 is 0 Å². The number of aliphatic hydroxyl groups excluding tert-OH is 1. The van der Waals surface area contributed by atoms with Crippen LogP contribution in [0.15, 0.2) is 30.3 Å². The first-order chi connectivity index (χ1) is 8.70. The third-order valence-corrected chi connectivity index (χ3v) is 4.12. The lowest BCUT2D eigenvalue weighted by Crippen LogP contribution is -2.36. The van der Waals surface area contributed by atoms with Crippen LogP contribution >= 0.6 is 0 Å². The normalized spacial score (nSPS) is 14.3. The van der Waals surface area contributed by atoms with Gasteiger partial charge < -0.3 is 5.11 Å². The van der Waals surface area contributed by atoms with Crippen molar-refractivity contribution in [2.75, 3.05) is 6.54 Å². The van der Waals surface area contributed by atoms with Crippen LogP contribution in [0.2, 0.25) is 0 Å². The summed E-state index contributed by atoms with van der Waals surface area (Å²) in [5, 5.41) is 9.38. The van der Waals surface area contributed by atoms with Crippen molar-refractivity contribution in [3.8, 4) is 0 Å². The van der Waals surface area contributed by atoms with Crippen molar-refractivity contribution in [3.63, 3.8) is 0 Å². The quantitative estimate of drug-likeness (QED) is 0.804. The van der Waals surface area contributed by atoms with Gasteiger partial charge in [-0.15, -0.1) is 0 Å². The van der Waals surface area contributed by atoms with Crippen molar-refractivity contribution >= 4 is 10.0 Å². The molecule has 2 N–H and O–H groups in total. The second-order valence-corrected chi connectivity index (χ2v) is 7.59. The predicted molar refractivity (Wildman–Crippen MR) is 77.1 cm³/mol. The van der Waals surface area contributed by atoms with Gasteiger partial charge in [0.1, 0.15) is 0 Å². The fraction of sp³-hybridized carbons (Fsp3) is 0.571. The number of hydrogen-bond donors (Lipinski definition) is 2. The maximum atomic E-state index is 12.0. The van der Waals surface area contributed by atoms with E-state index in [9.17, 15) is 13.5 Å². The Labute approximate surface area is 115 Å². The molecule has 0 unspecified atom stereocenters. The van der Waals surface area contributed by atoms with Crippen molar-refractivity contribution in [2.24, 2.45) is 5.41 Å². The maximum Gasteiger partial charge on any atom is 0.215 e. The predicted octanol–water partition coefficient (Wildman–Crippen LogP) is 1.90. The summed E-state index contributed by atoms with van der Waals surface area (Å²) in [6.07, 6.45) is 0.120. The van der Waals surface area contributed by atoms with Crippen LogP contribution in [0.3, 0.4) is 0 Å². The molecule has 1 atom stereocenters. The molecule has 5 heteroatoms. The van der Waals surface area contributed by atoms with Crippen LogP contribution in [0.4, 0.5) is 0 Å². The van der Waals surface area contributed by atoms with Crippen LogP contribution in [0.5, 0.6) is 0 Å². The van der Waals surface area contributed by atoms with Gasteiger partial charge in [0.2, 0.25) is 10.0 Å². The molecule has 0 saturated carbocycles. The van der Waals surface area contributed by atoms with Crippen molar-refractivity contribution in [3.05, 3.63) is 35.9 Å². The van der Waals surface area contributed by atoms with Gasteiger partial charge in [0.25, 0.3) is 0 Å². The first-order valence-corrected chi connectivity index (χ1v) is 8.05. The molecule has 1 aromatic carbocycles. The van der Waals surface area contributed by atoms with Gasteiger partial charge in [0.05, 0.1) is 11.9 Å². The molecule has 0 radical (unpaired) electrons. The first kappa shape index (κ1) is 16.1. The minimum Gasteiger partial charge on any atom is -0.393 e. The molecule has 1 rings (SSSR count). The first-order valence-electron chi connectivity index (χ1n) is 6.39. The zero-order chi connectivity index (χ0) is 14.5. The molecule has 0 bridgehead atoms. The highest BCUT2D eigenvalue weighted by Gasteiger charge is 2.23. The average molecular weight is 285 g/mol. The Morgan fingerprint density at radius 1 is 1.26 bits per heavy atom. The molecular formula is C14H23NO3S. The Balaban J connectivity index is 2.56. The summed E-state index contributed by atoms with van der Waals surface area (Å²) in [5.74, 6) is -0.0153. The summed E-state index contributed by atoms with van der Waals surface area (Å²) in [6, 6.07) is 9.08. The van der Waals surface area contributed by atoms with E-state index in [1.165, 1.54) is 0 Å². The SMILES string of the molecule is C[C@H](O)CC(C)(C)CNS(=O)(=O)Cc1ccccc1. The van der Waals surface area contributed by atoms with E-state index < -0.39 is 16.1 Å². The molecule has 0 heterocycles. The summed E-state index contributed by atoms with van der Waals surface area (Å²) >= 11 is 0. The lowest BCUT2D eigenvalue weighted by atomic mass is 9.87. The molecule has 108 valence electrons. The van der Waals surface area contributed by atoms with Crippen molar-refractivity contribution in [1.29, 1.82) is 0 Å². The number of nitrogens with one attached hydrogen (secondary N) is 1. The smallest absolute Gasteiger partial charge is 0.215 e. The number of rotatable bonds is 7. The van der Waals surface area contributed by atoms with Crippen LogP contribution in [0.1, 0.15) is 32.8 Å². The molecule has 0 aliphatic rings. The molecule has 0 spiro atoms. The summed E-state index contributed by atoms with van der Waals surface area (Å²) < 4.78 is 26.5. The summed E-state index contributed by atoms with van der Waals surface area (Å²) in [5.41, 5.74) is 0.501. The highest BCUT2D eigenvalue weighted by Crippen LogP contribution is 2.21. The summed E-state index contributed by atoms with van der Waals surface area (Å²) in [7, 11) is -3.34. The summed E-state index contributed by atoms with van der Waals surface area (Å²) in [6.45, 7) is 5.91. The van der Waals surface area contributed by atoms with Gasteiger partial charge in [0.15, 0.2) is 0 Å². The lowest BCUT2D eigenvalue weighted by Gasteiger charge is -2.26. The van der Waals surface area contributed by atoms with Crippen LogP contribution in [0, 0.1) is 5.41 Å². The second kappa shape index (κ2) is 6.50. The standard InChI is InChI=1S/C14H23NO3S/c1-12(16)9-14(2,3)11-15-19(17,18)10-13-7-5-4-6-8-13/h4-8,12,15-16H,9-11H2,1-3H3/t12-/m0/s1. The highest BCUT2D eigenvalue weighted by atomic mass is 32.2. The topological polar surface area (TPSA) is 66.4 Å². The summed E-state index contributed by atoms with van der Waals surface area (Å²) in [4.78, 5) is 0. The maximum absolute atomic E-state index is 12.0. The highest BCUT2D eigenvalue weighted by molar-refractivity contribution is 7.88. The van der Waals surface area contributed by atoms with Gasteiger partial charge in [-0.3, -0.25) is 0 Å². The molecule has 0 fully saturated rings. The number of sulfonamides is 1. The van der Waals surface area contributed by atoms with E-state index in [0.29, 0.717) is 13.0 Å². The van der Waals surface area contributed by atoms with E-state index in [1.807, 2.05) is 32.0 Å². The minimum absolute atomic E-state index is 0.0153. The van der Waals surface area contributed by atoms with E-state index in [2.05, 4.69) is 4.72 Å². The van der Waals surface area contributed by atoms with Crippen LogP contribution in [0.25, 0.3) is 0 Å². The molecule has 19 heavy (non-hydrogen) atoms. The van der Waals surface area contributed by atoms with Gasteiger partial charge in [-0.05, 0) is 24.3 Å². The average Bonchev–Trinajstić information content (AvgIpc) is 2.26. The number of benzene rings is 1. The van der Waals surface area contributed by atoms with Crippen LogP contribution in [-0.2, 0) is 15.8 Å². The van der Waals surface area contributed by atoms with Gasteiger partial charge in [-0.1, -0.05) is 44.2 Å². The Bertz CT molecular complexity index is 481. The fourth-order valence-corrected chi connectivity index (χ4v) is 3.37. The Hall–Kier alpha value is -0.910. The van der Waals surface area contributed by atoms with Gasteiger partial charge in [0, 0.05) is 6.54 Å². The largest absolute Gasteiger partial charge is 0.393 e. The van der Waals surface area contributed by atoms with E-state index in [1.54, 1.807) is 19.1 Å². The molecule has 4 nitrogen and oxygen atoms in total. The molecule has 0 amide bonds. The molecular weight excluding hydrogens is 262 g/mol. The van der Waals surface area contributed by atoms with E-state index in [4.69, 9.17) is 0 Å². The monoisotopic (exact) mass is 285 g/mol. The molecule has 0 aliphatic carbocycles. The Morgan fingerprint density at radius 2 is 1.84 bits per heavy atom. The third kappa shape index (κ3) is 6.71. The van der Waals surface area contributed by atoms with Crippen molar-refractivity contribution in [1.82, 2.24) is 4.72 Å². The van der Waals surface area contributed by atoms with E-state index in [0.717, 1.165) is 5.56 Å². The lowest BCUT2D eigenvalue weighted by molar-refractivity contribution is 0.131. The molecule has 1 aromatic rings. The molecule has 0 aliphatic heterocycles. The number of aliphatic hydroxyl groups is 1. The van der Waals surface area contributed by atoms with Gasteiger partial charge in [-0.2, -0.15) is 0 Å². The van der Waals surface area contributed by atoms with E-state index in [-0.39, 0.29) is 11.2 Å². The van der Waals surface area contributed by atoms with Crippen LogP contribution in [-0.4, -0.2) is 26.2 Å². The Morgan fingerprint density at radius 3 is 2.37 bits per heavy atom. The number of hydrogen-bond acceptors (Lipinski definition) is 3. The van der Waals surface area contributed by atoms with Crippen LogP contribution < -0.4 is 4.72 Å².